The van der Waals surface area contributed by atoms with Crippen LogP contribution in [0.2, 0.25) is 0 Å². The van der Waals surface area contributed by atoms with E-state index in [2.05, 4.69) is 5.10 Å². The van der Waals surface area contributed by atoms with Crippen molar-refractivity contribution in [3.05, 3.63) is 30.2 Å². The van der Waals surface area contributed by atoms with Crippen molar-refractivity contribution >= 4 is 35.5 Å². The number of hydrogen-bond donors (Lipinski definition) is 1. The van der Waals surface area contributed by atoms with Gasteiger partial charge in [-0.25, -0.2) is 9.48 Å². The van der Waals surface area contributed by atoms with Gasteiger partial charge in [0.15, 0.2) is 5.75 Å². The number of carboxylic acids is 1. The molecule has 1 aromatic heterocycles. The zero-order valence-electron chi connectivity index (χ0n) is 7.95. The first kappa shape index (κ1) is 10.5. The summed E-state index contributed by atoms with van der Waals surface area (Å²) in [6, 6.07) is 5.41. The molecule has 1 aliphatic rings. The number of aromatic nitrogens is 2. The molecule has 2 heterocycles. The smallest absolute Gasteiger partial charge is 0.373 e. The number of ether oxygens (including phenoxy) is 1. The van der Waals surface area contributed by atoms with Gasteiger partial charge in [0.05, 0.1) is 12.4 Å². The number of carboxylic acid groups (broad SMARTS) is 1. The van der Waals surface area contributed by atoms with Gasteiger partial charge in [-0.15, -0.1) is 12.4 Å². The summed E-state index contributed by atoms with van der Waals surface area (Å²) < 4.78 is 6.74. The zero-order valence-corrected chi connectivity index (χ0v) is 8.77. The van der Waals surface area contributed by atoms with E-state index in [4.69, 9.17) is 9.84 Å². The normalized spacial score (nSPS) is 12.6. The lowest BCUT2D eigenvalue weighted by atomic mass is 10.2. The van der Waals surface area contributed by atoms with Crippen molar-refractivity contribution in [1.29, 1.82) is 0 Å². The van der Waals surface area contributed by atoms with Gasteiger partial charge in [0, 0.05) is 5.39 Å². The van der Waals surface area contributed by atoms with E-state index in [-0.39, 0.29) is 18.2 Å². The largest absolute Gasteiger partial charge is 0.475 e. The Kier molecular flexibility index (Phi) is 2.32. The summed E-state index contributed by atoms with van der Waals surface area (Å²) in [4.78, 5) is 10.8. The van der Waals surface area contributed by atoms with Crippen molar-refractivity contribution in [2.24, 2.45) is 0 Å². The van der Waals surface area contributed by atoms with E-state index in [9.17, 15) is 4.79 Å². The predicted molar refractivity (Wildman–Crippen MR) is 59.5 cm³/mol. The second-order valence-electron chi connectivity index (χ2n) is 3.18. The lowest BCUT2D eigenvalue weighted by Gasteiger charge is -2.13. The molecule has 0 amide bonds. The van der Waals surface area contributed by atoms with Crippen molar-refractivity contribution < 1.29 is 14.6 Å². The van der Waals surface area contributed by atoms with Crippen LogP contribution in [0.1, 0.15) is 0 Å². The Morgan fingerprint density at radius 2 is 2.25 bits per heavy atom. The summed E-state index contributed by atoms with van der Waals surface area (Å²) in [5.41, 5.74) is 0.794. The second kappa shape index (κ2) is 3.53. The molecule has 6 heteroatoms. The van der Waals surface area contributed by atoms with Crippen LogP contribution >= 0.6 is 12.4 Å². The van der Waals surface area contributed by atoms with Crippen LogP contribution in [0.3, 0.4) is 0 Å². The number of nitrogens with zero attached hydrogens (tertiary/aromatic N) is 2. The molecule has 82 valence electrons. The monoisotopic (exact) mass is 238 g/mol. The van der Waals surface area contributed by atoms with Crippen molar-refractivity contribution in [2.75, 3.05) is 0 Å². The Morgan fingerprint density at radius 1 is 1.44 bits per heavy atom. The zero-order chi connectivity index (χ0) is 10.4. The Bertz CT molecular complexity index is 603. The van der Waals surface area contributed by atoms with Crippen LogP contribution in [0, 0.1) is 0 Å². The summed E-state index contributed by atoms with van der Waals surface area (Å²) in [5.74, 6) is -0.711. The number of aliphatic carboxylic acids is 1. The van der Waals surface area contributed by atoms with Gasteiger partial charge in [-0.2, -0.15) is 5.10 Å². The molecule has 3 rings (SSSR count). The minimum atomic E-state index is -1.10. The maximum atomic E-state index is 10.8. The Hall–Kier alpha value is -2.01. The molecule has 0 unspecified atom stereocenters. The van der Waals surface area contributed by atoms with Gasteiger partial charge in [-0.05, 0) is 6.07 Å². The minimum absolute atomic E-state index is 0. The topological polar surface area (TPSA) is 64.3 Å². The number of para-hydroxylation sites is 1. The molecule has 0 saturated heterocycles. The number of benzene rings is 1. The Labute approximate surface area is 96.3 Å². The summed E-state index contributed by atoms with van der Waals surface area (Å²) in [7, 11) is 0. The Morgan fingerprint density at radius 3 is 3.00 bits per heavy atom. The molecule has 1 aromatic carbocycles. The number of halogens is 1. The van der Waals surface area contributed by atoms with E-state index < -0.39 is 5.97 Å². The van der Waals surface area contributed by atoms with Gasteiger partial charge in [0.25, 0.3) is 0 Å². The summed E-state index contributed by atoms with van der Waals surface area (Å²) in [6.45, 7) is 0. The molecule has 0 atom stereocenters. The first-order valence-corrected chi connectivity index (χ1v) is 4.35. The minimum Gasteiger partial charge on any atom is -0.475 e. The van der Waals surface area contributed by atoms with E-state index in [1.54, 1.807) is 18.3 Å². The number of rotatable bonds is 1. The molecule has 0 saturated carbocycles. The van der Waals surface area contributed by atoms with Crippen LogP contribution < -0.4 is 4.74 Å². The van der Waals surface area contributed by atoms with Crippen LogP contribution in [0.5, 0.6) is 5.75 Å². The highest BCUT2D eigenvalue weighted by atomic mass is 35.5. The standard InChI is InChI=1S/C10H6N2O3.ClH/c13-10(14)8-5-12-9-6(4-11-12)2-1-3-7(9)15-8;/h1-5H,(H,13,14);1H. The van der Waals surface area contributed by atoms with E-state index in [1.165, 1.54) is 10.9 Å². The van der Waals surface area contributed by atoms with Crippen LogP contribution in [0.15, 0.2) is 30.2 Å². The highest BCUT2D eigenvalue weighted by Crippen LogP contribution is 2.30. The van der Waals surface area contributed by atoms with Gasteiger partial charge in [0.1, 0.15) is 5.52 Å². The highest BCUT2D eigenvalue weighted by Gasteiger charge is 2.19. The van der Waals surface area contributed by atoms with Crippen molar-refractivity contribution in [3.63, 3.8) is 0 Å². The fourth-order valence-corrected chi connectivity index (χ4v) is 1.61. The van der Waals surface area contributed by atoms with E-state index >= 15 is 0 Å². The molecular formula is C10H7ClN2O3. The molecule has 1 N–H and O–H groups in total. The maximum Gasteiger partial charge on any atom is 0.373 e. The molecule has 0 radical (unpaired) electrons. The van der Waals surface area contributed by atoms with Crippen LogP contribution in [-0.4, -0.2) is 20.9 Å². The average Bonchev–Trinajstić information content (AvgIpc) is 2.64. The Balaban J connectivity index is 0.000000963. The van der Waals surface area contributed by atoms with Gasteiger partial charge in [0.2, 0.25) is 5.76 Å². The first-order valence-electron chi connectivity index (χ1n) is 4.35. The van der Waals surface area contributed by atoms with E-state index in [1.807, 2.05) is 6.07 Å². The fourth-order valence-electron chi connectivity index (χ4n) is 1.61. The quantitative estimate of drug-likeness (QED) is 0.822. The molecular weight excluding hydrogens is 232 g/mol. The van der Waals surface area contributed by atoms with Crippen molar-refractivity contribution in [3.8, 4) is 5.75 Å². The van der Waals surface area contributed by atoms with Gasteiger partial charge in [-0.3, -0.25) is 0 Å². The molecule has 0 fully saturated rings. The third kappa shape index (κ3) is 1.33. The number of hydrogen-bond acceptors (Lipinski definition) is 3. The highest BCUT2D eigenvalue weighted by molar-refractivity contribution is 5.94. The predicted octanol–water partition coefficient (Wildman–Crippen LogP) is 1.73. The van der Waals surface area contributed by atoms with Crippen LogP contribution in [-0.2, 0) is 4.79 Å². The molecule has 0 spiro atoms. The van der Waals surface area contributed by atoms with E-state index in [0.29, 0.717) is 5.75 Å². The van der Waals surface area contributed by atoms with E-state index in [0.717, 1.165) is 10.9 Å². The maximum absolute atomic E-state index is 10.8. The van der Waals surface area contributed by atoms with Gasteiger partial charge in [-0.1, -0.05) is 12.1 Å². The molecule has 2 aromatic rings. The van der Waals surface area contributed by atoms with Crippen molar-refractivity contribution in [2.45, 2.75) is 0 Å². The third-order valence-corrected chi connectivity index (χ3v) is 2.25. The molecule has 16 heavy (non-hydrogen) atoms. The summed E-state index contributed by atoms with van der Waals surface area (Å²) >= 11 is 0. The molecule has 5 nitrogen and oxygen atoms in total. The van der Waals surface area contributed by atoms with Crippen molar-refractivity contribution in [1.82, 2.24) is 9.78 Å². The molecule has 0 aliphatic carbocycles. The number of carbonyl (C=O) groups is 1. The lowest BCUT2D eigenvalue weighted by Crippen LogP contribution is -2.13. The lowest BCUT2D eigenvalue weighted by molar-refractivity contribution is -0.134. The summed E-state index contributed by atoms with van der Waals surface area (Å²) in [5, 5.41) is 13.8. The fraction of sp³-hybridized carbons (Fsp3) is 0. The summed E-state index contributed by atoms with van der Waals surface area (Å²) in [6.07, 6.45) is 3.03. The second-order valence-corrected chi connectivity index (χ2v) is 3.18. The van der Waals surface area contributed by atoms with Gasteiger partial charge >= 0.3 is 5.97 Å². The SMILES string of the molecule is Cl.O=C(O)C1=Cn2ncc3cccc(c32)O1. The van der Waals surface area contributed by atoms with Crippen LogP contribution in [0.25, 0.3) is 17.1 Å². The third-order valence-electron chi connectivity index (χ3n) is 2.25. The molecule has 1 aliphatic heterocycles. The average molecular weight is 239 g/mol. The molecule has 0 bridgehead atoms. The first-order chi connectivity index (χ1) is 7.25. The van der Waals surface area contributed by atoms with Gasteiger partial charge < -0.3 is 9.84 Å². The van der Waals surface area contributed by atoms with Crippen LogP contribution in [0.4, 0.5) is 0 Å².